The summed E-state index contributed by atoms with van der Waals surface area (Å²) in [5.41, 5.74) is 4.05. The first-order chi connectivity index (χ1) is 6.83. The minimum Gasteiger partial charge on any atom is -0.103 e. The maximum absolute atomic E-state index is 3.77. The molecule has 0 aromatic heterocycles. The summed E-state index contributed by atoms with van der Waals surface area (Å²) >= 11 is 0. The summed E-state index contributed by atoms with van der Waals surface area (Å²) in [6.45, 7) is 9.02. The molecule has 1 aromatic carbocycles. The number of benzene rings is 1. The van der Waals surface area contributed by atoms with E-state index in [0.29, 0.717) is 0 Å². The van der Waals surface area contributed by atoms with Gasteiger partial charge in [-0.3, -0.25) is 0 Å². The SMILES string of the molecule is C=CC.C=CC1=CCc2ccccc21. The predicted octanol–water partition coefficient (Wildman–Crippen LogP) is 4.00. The van der Waals surface area contributed by atoms with Crippen LogP contribution in [-0.4, -0.2) is 0 Å². The van der Waals surface area contributed by atoms with Crippen molar-refractivity contribution >= 4 is 5.57 Å². The molecular formula is C14H16. The normalized spacial score (nSPS) is 11.9. The van der Waals surface area contributed by atoms with Crippen molar-refractivity contribution in [1.29, 1.82) is 0 Å². The van der Waals surface area contributed by atoms with Crippen LogP contribution in [0.1, 0.15) is 18.1 Å². The lowest BCUT2D eigenvalue weighted by Gasteiger charge is -1.98. The molecule has 2 rings (SSSR count). The standard InChI is InChI=1S/C11H10.C3H6/c1-2-9-7-8-10-5-3-4-6-11(9)10;1-3-2/h2-7H,1,8H2;3H,1H2,2H3. The summed E-state index contributed by atoms with van der Waals surface area (Å²) in [6, 6.07) is 8.47. The van der Waals surface area contributed by atoms with Crippen molar-refractivity contribution in [1.82, 2.24) is 0 Å². The van der Waals surface area contributed by atoms with Crippen LogP contribution in [0, 0.1) is 0 Å². The van der Waals surface area contributed by atoms with Crippen LogP contribution in [0.2, 0.25) is 0 Å². The van der Waals surface area contributed by atoms with Crippen LogP contribution in [0.4, 0.5) is 0 Å². The smallest absolute Gasteiger partial charge is 0.00821 e. The van der Waals surface area contributed by atoms with Gasteiger partial charge in [0.1, 0.15) is 0 Å². The van der Waals surface area contributed by atoms with Gasteiger partial charge in [-0.15, -0.1) is 6.58 Å². The van der Waals surface area contributed by atoms with E-state index in [9.17, 15) is 0 Å². The molecule has 72 valence electrons. The van der Waals surface area contributed by atoms with E-state index in [0.717, 1.165) is 6.42 Å². The van der Waals surface area contributed by atoms with Crippen molar-refractivity contribution in [2.45, 2.75) is 13.3 Å². The maximum atomic E-state index is 3.77. The number of hydrogen-bond acceptors (Lipinski definition) is 0. The van der Waals surface area contributed by atoms with E-state index in [1.54, 1.807) is 6.08 Å². The Kier molecular flexibility index (Phi) is 3.93. The summed E-state index contributed by atoms with van der Waals surface area (Å²) < 4.78 is 0. The molecule has 0 nitrogen and oxygen atoms in total. The second-order valence-corrected chi connectivity index (χ2v) is 3.13. The third-order valence-electron chi connectivity index (χ3n) is 2.09. The molecular weight excluding hydrogens is 168 g/mol. The van der Waals surface area contributed by atoms with Gasteiger partial charge in [0, 0.05) is 0 Å². The molecule has 0 heterocycles. The van der Waals surface area contributed by atoms with E-state index >= 15 is 0 Å². The first kappa shape index (κ1) is 10.5. The van der Waals surface area contributed by atoms with Gasteiger partial charge in [0.05, 0.1) is 0 Å². The lowest BCUT2D eigenvalue weighted by Crippen LogP contribution is -1.80. The van der Waals surface area contributed by atoms with Gasteiger partial charge in [-0.1, -0.05) is 49.1 Å². The van der Waals surface area contributed by atoms with E-state index < -0.39 is 0 Å². The third kappa shape index (κ3) is 2.23. The van der Waals surface area contributed by atoms with Gasteiger partial charge < -0.3 is 0 Å². The monoisotopic (exact) mass is 184 g/mol. The fourth-order valence-corrected chi connectivity index (χ4v) is 1.50. The molecule has 1 aromatic rings. The highest BCUT2D eigenvalue weighted by Gasteiger charge is 2.08. The molecule has 0 aliphatic heterocycles. The zero-order valence-corrected chi connectivity index (χ0v) is 8.66. The minimum atomic E-state index is 1.07. The minimum absolute atomic E-state index is 1.07. The number of rotatable bonds is 1. The Hall–Kier alpha value is -1.56. The molecule has 0 fully saturated rings. The summed E-state index contributed by atoms with van der Waals surface area (Å²) in [5.74, 6) is 0. The second kappa shape index (κ2) is 5.23. The zero-order valence-electron chi connectivity index (χ0n) is 8.66. The summed E-state index contributed by atoms with van der Waals surface area (Å²) in [6.07, 6.45) is 6.96. The average Bonchev–Trinajstić information content (AvgIpc) is 2.62. The fraction of sp³-hybridized carbons (Fsp3) is 0.143. The highest BCUT2D eigenvalue weighted by molar-refractivity contribution is 5.79. The van der Waals surface area contributed by atoms with E-state index in [1.807, 2.05) is 13.0 Å². The highest BCUT2D eigenvalue weighted by Crippen LogP contribution is 2.27. The second-order valence-electron chi connectivity index (χ2n) is 3.13. The maximum Gasteiger partial charge on any atom is -0.00821 e. The van der Waals surface area contributed by atoms with Gasteiger partial charge in [0.15, 0.2) is 0 Å². The summed E-state index contributed by atoms with van der Waals surface area (Å²) in [5, 5.41) is 0. The fourth-order valence-electron chi connectivity index (χ4n) is 1.50. The molecule has 0 N–H and O–H groups in total. The van der Waals surface area contributed by atoms with Crippen LogP contribution >= 0.6 is 0 Å². The molecule has 0 spiro atoms. The molecule has 0 radical (unpaired) electrons. The van der Waals surface area contributed by atoms with Crippen LogP contribution < -0.4 is 0 Å². The molecule has 0 saturated carbocycles. The molecule has 0 heteroatoms. The van der Waals surface area contributed by atoms with Crippen LogP contribution in [0.3, 0.4) is 0 Å². The van der Waals surface area contributed by atoms with Crippen LogP contribution in [0.25, 0.3) is 5.57 Å². The number of hydrogen-bond donors (Lipinski definition) is 0. The van der Waals surface area contributed by atoms with Crippen LogP contribution in [-0.2, 0) is 6.42 Å². The van der Waals surface area contributed by atoms with E-state index in [2.05, 4.69) is 43.5 Å². The largest absolute Gasteiger partial charge is 0.103 e. The highest BCUT2D eigenvalue weighted by atomic mass is 14.1. The topological polar surface area (TPSA) is 0 Å². The van der Waals surface area contributed by atoms with Crippen molar-refractivity contribution in [3.05, 3.63) is 66.8 Å². The van der Waals surface area contributed by atoms with Gasteiger partial charge >= 0.3 is 0 Å². The Labute approximate surface area is 86.3 Å². The van der Waals surface area contributed by atoms with Gasteiger partial charge in [0.25, 0.3) is 0 Å². The Bertz CT molecular complexity index is 356. The third-order valence-corrected chi connectivity index (χ3v) is 2.09. The van der Waals surface area contributed by atoms with Crippen LogP contribution in [0.5, 0.6) is 0 Å². The molecule has 14 heavy (non-hydrogen) atoms. The Morgan fingerprint density at radius 2 is 1.86 bits per heavy atom. The summed E-state index contributed by atoms with van der Waals surface area (Å²) in [7, 11) is 0. The molecule has 1 aliphatic carbocycles. The summed E-state index contributed by atoms with van der Waals surface area (Å²) in [4.78, 5) is 0. The van der Waals surface area contributed by atoms with Gasteiger partial charge in [-0.2, -0.15) is 0 Å². The molecule has 0 atom stereocenters. The first-order valence-electron chi connectivity index (χ1n) is 4.81. The Morgan fingerprint density at radius 1 is 1.21 bits per heavy atom. The molecule has 0 saturated heterocycles. The Balaban J connectivity index is 0.000000293. The van der Waals surface area contributed by atoms with Gasteiger partial charge in [0.2, 0.25) is 0 Å². The quantitative estimate of drug-likeness (QED) is 0.579. The van der Waals surface area contributed by atoms with Crippen molar-refractivity contribution in [2.24, 2.45) is 0 Å². The van der Waals surface area contributed by atoms with E-state index in [1.165, 1.54) is 16.7 Å². The average molecular weight is 184 g/mol. The van der Waals surface area contributed by atoms with Gasteiger partial charge in [-0.25, -0.2) is 0 Å². The van der Waals surface area contributed by atoms with Crippen LogP contribution in [0.15, 0.2) is 55.7 Å². The molecule has 0 unspecified atom stereocenters. The molecule has 0 amide bonds. The Morgan fingerprint density at radius 3 is 2.50 bits per heavy atom. The van der Waals surface area contributed by atoms with Crippen molar-refractivity contribution < 1.29 is 0 Å². The van der Waals surface area contributed by atoms with Crippen molar-refractivity contribution in [2.75, 3.05) is 0 Å². The van der Waals surface area contributed by atoms with Crippen molar-refractivity contribution in [3.63, 3.8) is 0 Å². The zero-order chi connectivity index (χ0) is 10.4. The number of fused-ring (bicyclic) bond motifs is 1. The van der Waals surface area contributed by atoms with E-state index in [4.69, 9.17) is 0 Å². The first-order valence-corrected chi connectivity index (χ1v) is 4.81. The molecule has 1 aliphatic rings. The number of allylic oxidation sites excluding steroid dienone is 4. The van der Waals surface area contributed by atoms with E-state index in [-0.39, 0.29) is 0 Å². The predicted molar refractivity (Wildman–Crippen MR) is 64.2 cm³/mol. The van der Waals surface area contributed by atoms with Crippen molar-refractivity contribution in [3.8, 4) is 0 Å². The molecule has 0 bridgehead atoms. The lowest BCUT2D eigenvalue weighted by molar-refractivity contribution is 1.31. The van der Waals surface area contributed by atoms with Gasteiger partial charge in [-0.05, 0) is 30.0 Å². The lowest BCUT2D eigenvalue weighted by atomic mass is 10.1.